The lowest BCUT2D eigenvalue weighted by molar-refractivity contribution is 0.134. The number of aliphatic hydroxyl groups is 2. The molecule has 0 aliphatic heterocycles. The molecule has 0 saturated heterocycles. The Labute approximate surface area is 196 Å². The minimum atomic E-state index is -0.673. The summed E-state index contributed by atoms with van der Waals surface area (Å²) in [6, 6.07) is 12.5. The normalized spacial score (nSPS) is 12.2. The van der Waals surface area contributed by atoms with Crippen molar-refractivity contribution in [2.75, 3.05) is 13.2 Å². The van der Waals surface area contributed by atoms with Crippen LogP contribution in [0.15, 0.2) is 57.0 Å². The van der Waals surface area contributed by atoms with Crippen LogP contribution in [0.25, 0.3) is 10.2 Å². The minimum Gasteiger partial charge on any atom is -0.396 e. The lowest BCUT2D eigenvalue weighted by Crippen LogP contribution is -2.51. The van der Waals surface area contributed by atoms with Gasteiger partial charge < -0.3 is 10.2 Å². The standard InChI is InChI=1S/C22H22ClN5O4S/c1-13-24-18-7-6-17(8-19(18)33-13)25-20-26-21(31)28(10-15(11-29)12-30)22(32)27(20)9-14-2-4-16(23)5-3-14/h2-8,15,29-30H,9-12H2,1H3,(H,25,26,31). The Kier molecular flexibility index (Phi) is 6.89. The third kappa shape index (κ3) is 5.14. The van der Waals surface area contributed by atoms with Crippen LogP contribution >= 0.6 is 22.9 Å². The zero-order valence-electron chi connectivity index (χ0n) is 17.7. The van der Waals surface area contributed by atoms with Crippen LogP contribution < -0.4 is 17.0 Å². The number of thiazole rings is 1. The van der Waals surface area contributed by atoms with E-state index < -0.39 is 17.3 Å². The Balaban J connectivity index is 1.88. The van der Waals surface area contributed by atoms with Crippen LogP contribution in [-0.4, -0.2) is 42.5 Å². The Morgan fingerprint density at radius 3 is 2.55 bits per heavy atom. The first-order valence-electron chi connectivity index (χ1n) is 10.2. The molecule has 11 heteroatoms. The van der Waals surface area contributed by atoms with Crippen LogP contribution in [0.4, 0.5) is 5.69 Å². The first-order chi connectivity index (χ1) is 15.9. The topological polar surface area (TPSA) is 126 Å². The molecule has 0 amide bonds. The van der Waals surface area contributed by atoms with Crippen LogP contribution in [0.3, 0.4) is 0 Å². The molecule has 0 atom stereocenters. The van der Waals surface area contributed by atoms with Gasteiger partial charge in [-0.3, -0.25) is 9.55 Å². The van der Waals surface area contributed by atoms with E-state index in [1.807, 2.05) is 19.1 Å². The summed E-state index contributed by atoms with van der Waals surface area (Å²) in [5, 5.41) is 20.3. The summed E-state index contributed by atoms with van der Waals surface area (Å²) in [5.74, 6) is -0.646. The van der Waals surface area contributed by atoms with Crippen molar-refractivity contribution in [3.8, 4) is 0 Å². The van der Waals surface area contributed by atoms with Crippen molar-refractivity contribution >= 4 is 38.8 Å². The fourth-order valence-corrected chi connectivity index (χ4v) is 4.36. The average Bonchev–Trinajstić information content (AvgIpc) is 3.17. The molecule has 0 radical (unpaired) electrons. The van der Waals surface area contributed by atoms with E-state index in [1.165, 1.54) is 15.9 Å². The number of H-pyrrole nitrogens is 1. The van der Waals surface area contributed by atoms with Crippen molar-refractivity contribution in [2.45, 2.75) is 20.0 Å². The van der Waals surface area contributed by atoms with Gasteiger partial charge in [-0.2, -0.15) is 0 Å². The maximum absolute atomic E-state index is 13.3. The van der Waals surface area contributed by atoms with Crippen molar-refractivity contribution in [1.82, 2.24) is 19.1 Å². The maximum atomic E-state index is 13.3. The molecule has 2 aromatic heterocycles. The van der Waals surface area contributed by atoms with E-state index in [2.05, 4.69) is 15.0 Å². The number of nitrogens with one attached hydrogen (secondary N) is 1. The van der Waals surface area contributed by atoms with Gasteiger partial charge in [0, 0.05) is 30.7 Å². The van der Waals surface area contributed by atoms with Crippen molar-refractivity contribution in [3.63, 3.8) is 0 Å². The van der Waals surface area contributed by atoms with Crippen molar-refractivity contribution < 1.29 is 10.2 Å². The Hall–Kier alpha value is -3.05. The average molecular weight is 488 g/mol. The Morgan fingerprint density at radius 1 is 1.12 bits per heavy atom. The van der Waals surface area contributed by atoms with E-state index in [1.54, 1.807) is 30.3 Å². The summed E-state index contributed by atoms with van der Waals surface area (Å²) in [4.78, 5) is 37.7. The second-order valence-corrected chi connectivity index (χ2v) is 9.26. The second-order valence-electron chi connectivity index (χ2n) is 7.59. The van der Waals surface area contributed by atoms with Gasteiger partial charge in [0.1, 0.15) is 0 Å². The summed E-state index contributed by atoms with van der Waals surface area (Å²) in [6.07, 6.45) is 0. The van der Waals surface area contributed by atoms with Crippen molar-refractivity contribution in [1.29, 1.82) is 0 Å². The number of aryl methyl sites for hydroxylation is 1. The third-order valence-electron chi connectivity index (χ3n) is 5.11. The SMILES string of the molecule is Cc1nc2ccc(/N=c3\[nH]c(=O)n(CC(CO)CO)c(=O)n3Cc3ccc(Cl)cc3)cc2s1. The Bertz CT molecular complexity index is 1470. The first-order valence-corrected chi connectivity index (χ1v) is 11.4. The number of benzene rings is 2. The molecule has 0 fully saturated rings. The van der Waals surface area contributed by atoms with E-state index in [4.69, 9.17) is 11.6 Å². The fraction of sp³-hybridized carbons (Fsp3) is 0.273. The zero-order chi connectivity index (χ0) is 23.5. The number of rotatable bonds is 7. The van der Waals surface area contributed by atoms with Gasteiger partial charge in [0.05, 0.1) is 27.5 Å². The van der Waals surface area contributed by atoms with Crippen molar-refractivity contribution in [3.05, 3.63) is 84.6 Å². The predicted molar refractivity (Wildman–Crippen MR) is 127 cm³/mol. The van der Waals surface area contributed by atoms with Crippen LogP contribution in [0.5, 0.6) is 0 Å². The number of aromatic nitrogens is 4. The summed E-state index contributed by atoms with van der Waals surface area (Å²) >= 11 is 7.51. The number of halogens is 1. The quantitative estimate of drug-likeness (QED) is 0.366. The molecule has 2 aromatic carbocycles. The highest BCUT2D eigenvalue weighted by Gasteiger charge is 2.15. The van der Waals surface area contributed by atoms with E-state index in [0.717, 1.165) is 25.4 Å². The van der Waals surface area contributed by atoms with Crippen LogP contribution in [0.2, 0.25) is 5.02 Å². The number of aliphatic hydroxyl groups excluding tert-OH is 2. The van der Waals surface area contributed by atoms with Gasteiger partial charge in [0.2, 0.25) is 5.62 Å². The smallest absolute Gasteiger partial charge is 0.335 e. The lowest BCUT2D eigenvalue weighted by atomic mass is 10.2. The number of aromatic amines is 1. The summed E-state index contributed by atoms with van der Waals surface area (Å²) in [6.45, 7) is 1.20. The fourth-order valence-electron chi connectivity index (χ4n) is 3.37. The van der Waals surface area contributed by atoms with Gasteiger partial charge in [0.25, 0.3) is 0 Å². The molecular formula is C22H22ClN5O4S. The molecule has 3 N–H and O–H groups in total. The van der Waals surface area contributed by atoms with Crippen molar-refractivity contribution in [2.24, 2.45) is 10.9 Å². The maximum Gasteiger partial charge on any atom is 0.335 e. The molecule has 4 aromatic rings. The molecule has 172 valence electrons. The molecule has 33 heavy (non-hydrogen) atoms. The van der Waals surface area contributed by atoms with Crippen LogP contribution in [-0.2, 0) is 13.1 Å². The van der Waals surface area contributed by atoms with E-state index in [0.29, 0.717) is 10.7 Å². The zero-order valence-corrected chi connectivity index (χ0v) is 19.3. The van der Waals surface area contributed by atoms with Gasteiger partial charge in [-0.25, -0.2) is 24.1 Å². The third-order valence-corrected chi connectivity index (χ3v) is 6.29. The molecule has 0 aliphatic carbocycles. The van der Waals surface area contributed by atoms with E-state index in [-0.39, 0.29) is 31.9 Å². The number of hydrogen-bond acceptors (Lipinski definition) is 7. The largest absolute Gasteiger partial charge is 0.396 e. The highest BCUT2D eigenvalue weighted by atomic mass is 35.5. The number of nitrogens with zero attached hydrogens (tertiary/aromatic N) is 4. The van der Waals surface area contributed by atoms with Gasteiger partial charge in [-0.1, -0.05) is 23.7 Å². The highest BCUT2D eigenvalue weighted by molar-refractivity contribution is 7.18. The molecule has 2 heterocycles. The molecular weight excluding hydrogens is 466 g/mol. The van der Waals surface area contributed by atoms with Gasteiger partial charge in [0.15, 0.2) is 0 Å². The van der Waals surface area contributed by atoms with Gasteiger partial charge in [-0.15, -0.1) is 11.3 Å². The van der Waals surface area contributed by atoms with E-state index in [9.17, 15) is 19.8 Å². The summed E-state index contributed by atoms with van der Waals surface area (Å²) < 4.78 is 3.25. The highest BCUT2D eigenvalue weighted by Crippen LogP contribution is 2.25. The molecule has 9 nitrogen and oxygen atoms in total. The van der Waals surface area contributed by atoms with Crippen LogP contribution in [0.1, 0.15) is 10.6 Å². The molecule has 0 saturated carbocycles. The van der Waals surface area contributed by atoms with Crippen LogP contribution in [0, 0.1) is 12.8 Å². The van der Waals surface area contributed by atoms with E-state index >= 15 is 0 Å². The Morgan fingerprint density at radius 2 is 1.85 bits per heavy atom. The summed E-state index contributed by atoms with van der Waals surface area (Å²) in [7, 11) is 0. The number of fused-ring (bicyclic) bond motifs is 1. The minimum absolute atomic E-state index is 0.0846. The first kappa shape index (κ1) is 23.1. The molecule has 0 spiro atoms. The van der Waals surface area contributed by atoms with Gasteiger partial charge >= 0.3 is 11.4 Å². The summed E-state index contributed by atoms with van der Waals surface area (Å²) in [5.41, 5.74) is 1.01. The molecule has 0 unspecified atom stereocenters. The second kappa shape index (κ2) is 9.84. The lowest BCUT2D eigenvalue weighted by Gasteiger charge is -2.14. The van der Waals surface area contributed by atoms with Gasteiger partial charge in [-0.05, 0) is 42.8 Å². The monoisotopic (exact) mass is 487 g/mol. The number of hydrogen-bond donors (Lipinski definition) is 3. The predicted octanol–water partition coefficient (Wildman–Crippen LogP) is 1.79. The molecule has 0 bridgehead atoms. The molecule has 0 aliphatic rings. The molecule has 4 rings (SSSR count).